The maximum absolute atomic E-state index is 14.5. The van der Waals surface area contributed by atoms with E-state index >= 15 is 0 Å². The molecule has 0 saturated heterocycles. The molecule has 0 saturated carbocycles. The first-order chi connectivity index (χ1) is 13.2. The fourth-order valence-corrected chi connectivity index (χ4v) is 3.64. The van der Waals surface area contributed by atoms with Gasteiger partial charge in [-0.15, -0.1) is 0 Å². The first-order valence-electron chi connectivity index (χ1n) is 8.31. The smallest absolute Gasteiger partial charge is 0.253 e. The number of carbonyl (C=O) groups is 1. The minimum absolute atomic E-state index is 0.0708. The molecule has 0 aliphatic rings. The summed E-state index contributed by atoms with van der Waals surface area (Å²) in [6.07, 6.45) is 1.40. The van der Waals surface area contributed by atoms with E-state index in [0.29, 0.717) is 6.07 Å². The van der Waals surface area contributed by atoms with Crippen LogP contribution in [0.4, 0.5) is 8.78 Å². The minimum atomic E-state index is -2.25. The lowest BCUT2D eigenvalue weighted by Gasteiger charge is -2.08. The van der Waals surface area contributed by atoms with Crippen molar-refractivity contribution in [2.24, 2.45) is 0 Å². The quantitative estimate of drug-likeness (QED) is 0.258. The van der Waals surface area contributed by atoms with Crippen LogP contribution in [0.3, 0.4) is 0 Å². The molecule has 2 nitrogen and oxygen atoms in total. The van der Waals surface area contributed by atoms with Gasteiger partial charge >= 0.3 is 0 Å². The molecule has 0 unspecified atom stereocenters. The van der Waals surface area contributed by atoms with Crippen LogP contribution in [0, 0.1) is 11.6 Å². The van der Waals surface area contributed by atoms with Crippen LogP contribution in [0.1, 0.15) is 15.9 Å². The molecule has 1 aromatic heterocycles. The lowest BCUT2D eigenvalue weighted by Crippen LogP contribution is -2.18. The maximum Gasteiger partial charge on any atom is 0.253 e. The van der Waals surface area contributed by atoms with Gasteiger partial charge in [-0.3, -0.25) is 4.79 Å². The summed E-state index contributed by atoms with van der Waals surface area (Å²) in [6.45, 7) is 0.289. The van der Waals surface area contributed by atoms with Crippen LogP contribution >= 0.6 is 34.8 Å². The normalized spacial score (nSPS) is 12.0. The molecule has 7 heteroatoms. The van der Waals surface area contributed by atoms with Crippen LogP contribution < -0.4 is 0 Å². The summed E-state index contributed by atoms with van der Waals surface area (Å²) in [5, 5.41) is 2.04. The van der Waals surface area contributed by atoms with Crippen LogP contribution in [0.25, 0.3) is 21.7 Å². The number of benzene rings is 3. The van der Waals surface area contributed by atoms with E-state index < -0.39 is 21.2 Å². The lowest BCUT2D eigenvalue weighted by molar-refractivity contribution is 0.0997. The largest absolute Gasteiger partial charge is 0.342 e. The van der Waals surface area contributed by atoms with E-state index in [1.807, 2.05) is 42.5 Å². The van der Waals surface area contributed by atoms with Crippen molar-refractivity contribution in [2.45, 2.75) is 10.3 Å². The zero-order chi connectivity index (χ0) is 20.1. The third kappa shape index (κ3) is 3.48. The summed E-state index contributed by atoms with van der Waals surface area (Å²) in [5.74, 6) is -2.51. The van der Waals surface area contributed by atoms with E-state index in [2.05, 4.69) is 0 Å². The zero-order valence-electron chi connectivity index (χ0n) is 14.2. The Morgan fingerprint density at radius 2 is 1.68 bits per heavy atom. The Morgan fingerprint density at radius 3 is 2.39 bits per heavy atom. The Bertz CT molecular complexity index is 1230. The van der Waals surface area contributed by atoms with Gasteiger partial charge in [-0.2, -0.15) is 0 Å². The SMILES string of the molecule is O=C(c1cn(Cc2ccc3ccccc3c2)c2cc(F)cc(F)c12)C(Cl)(Cl)Cl. The van der Waals surface area contributed by atoms with Gasteiger partial charge in [-0.05, 0) is 28.5 Å². The number of halogens is 5. The molecule has 0 radical (unpaired) electrons. The van der Waals surface area contributed by atoms with E-state index in [9.17, 15) is 13.6 Å². The van der Waals surface area contributed by atoms with Gasteiger partial charge in [-0.1, -0.05) is 71.2 Å². The highest BCUT2D eigenvalue weighted by atomic mass is 35.6. The number of aromatic nitrogens is 1. The van der Waals surface area contributed by atoms with Gasteiger partial charge in [0.1, 0.15) is 11.6 Å². The Morgan fingerprint density at radius 1 is 0.964 bits per heavy atom. The zero-order valence-corrected chi connectivity index (χ0v) is 16.5. The number of Topliss-reactive ketones (excluding diaryl/α,β-unsaturated/α-hetero) is 1. The molecule has 142 valence electrons. The summed E-state index contributed by atoms with van der Waals surface area (Å²) < 4.78 is 27.7. The molecule has 4 aromatic rings. The first kappa shape index (κ1) is 19.2. The molecule has 0 aliphatic heterocycles. The van der Waals surface area contributed by atoms with Gasteiger partial charge in [0.15, 0.2) is 0 Å². The number of fused-ring (bicyclic) bond motifs is 2. The molecule has 0 atom stereocenters. The highest BCUT2D eigenvalue weighted by Crippen LogP contribution is 2.35. The average Bonchev–Trinajstić information content (AvgIpc) is 2.98. The second kappa shape index (κ2) is 7.03. The van der Waals surface area contributed by atoms with Gasteiger partial charge in [0, 0.05) is 24.2 Å². The molecule has 0 amide bonds. The van der Waals surface area contributed by atoms with Crippen LogP contribution in [0.2, 0.25) is 0 Å². The monoisotopic (exact) mass is 437 g/mol. The van der Waals surface area contributed by atoms with Crippen LogP contribution in [0.5, 0.6) is 0 Å². The van der Waals surface area contributed by atoms with Crippen molar-refractivity contribution in [1.82, 2.24) is 4.57 Å². The fourth-order valence-electron chi connectivity index (χ4n) is 3.33. The Balaban J connectivity index is 1.87. The topological polar surface area (TPSA) is 22.0 Å². The Labute approximate surface area is 174 Å². The molecule has 0 N–H and O–H groups in total. The molecule has 4 rings (SSSR count). The van der Waals surface area contributed by atoms with Gasteiger partial charge in [0.25, 0.3) is 3.79 Å². The molecule has 0 spiro atoms. The summed E-state index contributed by atoms with van der Waals surface area (Å²) >= 11 is 17.1. The van der Waals surface area contributed by atoms with E-state index in [-0.39, 0.29) is 23.0 Å². The van der Waals surface area contributed by atoms with E-state index in [0.717, 1.165) is 22.4 Å². The predicted molar refractivity (Wildman–Crippen MR) is 110 cm³/mol. The number of rotatable bonds is 3. The molecular formula is C21H12Cl3F2NO. The summed E-state index contributed by atoms with van der Waals surface area (Å²) in [4.78, 5) is 12.5. The van der Waals surface area contributed by atoms with Gasteiger partial charge in [0.2, 0.25) is 5.78 Å². The predicted octanol–water partition coefficient (Wildman–Crippen LogP) is 6.67. The summed E-state index contributed by atoms with van der Waals surface area (Å²) in [5.41, 5.74) is 1.00. The second-order valence-electron chi connectivity index (χ2n) is 6.46. The number of hydrogen-bond acceptors (Lipinski definition) is 1. The van der Waals surface area contributed by atoms with Crippen molar-refractivity contribution in [1.29, 1.82) is 0 Å². The lowest BCUT2D eigenvalue weighted by atomic mass is 10.1. The van der Waals surface area contributed by atoms with Crippen LogP contribution in [0.15, 0.2) is 60.8 Å². The number of nitrogens with zero attached hydrogens (tertiary/aromatic N) is 1. The van der Waals surface area contributed by atoms with Crippen LogP contribution in [-0.2, 0) is 6.54 Å². The number of carbonyl (C=O) groups excluding carboxylic acids is 1. The van der Waals surface area contributed by atoms with Gasteiger partial charge in [0.05, 0.1) is 11.1 Å². The Hall–Kier alpha value is -2.14. The van der Waals surface area contributed by atoms with E-state index in [4.69, 9.17) is 34.8 Å². The Kier molecular flexibility index (Phi) is 4.82. The third-order valence-electron chi connectivity index (χ3n) is 4.57. The molecule has 28 heavy (non-hydrogen) atoms. The number of ketones is 1. The first-order valence-corrected chi connectivity index (χ1v) is 9.44. The fraction of sp³-hybridized carbons (Fsp3) is 0.0952. The standard InChI is InChI=1S/C21H12Cl3F2NO/c22-21(23,24)20(28)16-11-27(18-9-15(25)8-17(26)19(16)18)10-12-5-6-13-3-1-2-4-14(13)7-12/h1-9,11H,10H2. The van der Waals surface area contributed by atoms with Crippen molar-refractivity contribution >= 4 is 62.3 Å². The van der Waals surface area contributed by atoms with Gasteiger partial charge < -0.3 is 4.57 Å². The molecule has 3 aromatic carbocycles. The van der Waals surface area contributed by atoms with Crippen molar-refractivity contribution in [3.05, 3.63) is 83.6 Å². The average molecular weight is 439 g/mol. The van der Waals surface area contributed by atoms with Crippen molar-refractivity contribution in [2.75, 3.05) is 0 Å². The minimum Gasteiger partial charge on any atom is -0.342 e. The molecule has 0 fully saturated rings. The molecular weight excluding hydrogens is 427 g/mol. The third-order valence-corrected chi connectivity index (χ3v) is 5.08. The van der Waals surface area contributed by atoms with E-state index in [1.165, 1.54) is 6.20 Å². The molecule has 0 aliphatic carbocycles. The highest BCUT2D eigenvalue weighted by molar-refractivity contribution is 6.77. The number of hydrogen-bond donors (Lipinski definition) is 0. The summed E-state index contributed by atoms with van der Waals surface area (Å²) in [7, 11) is 0. The van der Waals surface area contributed by atoms with Gasteiger partial charge in [-0.25, -0.2) is 8.78 Å². The second-order valence-corrected chi connectivity index (χ2v) is 8.74. The maximum atomic E-state index is 14.5. The van der Waals surface area contributed by atoms with Crippen LogP contribution in [-0.4, -0.2) is 14.1 Å². The highest BCUT2D eigenvalue weighted by Gasteiger charge is 2.34. The van der Waals surface area contributed by atoms with Crippen molar-refractivity contribution in [3.63, 3.8) is 0 Å². The van der Waals surface area contributed by atoms with E-state index in [1.54, 1.807) is 4.57 Å². The van der Waals surface area contributed by atoms with Crippen molar-refractivity contribution < 1.29 is 13.6 Å². The molecule has 1 heterocycles. The van der Waals surface area contributed by atoms with Crippen molar-refractivity contribution in [3.8, 4) is 0 Å². The number of alkyl halides is 3. The molecule has 0 bridgehead atoms. The summed E-state index contributed by atoms with van der Waals surface area (Å²) in [6, 6.07) is 15.6.